The van der Waals surface area contributed by atoms with Crippen LogP contribution >= 0.6 is 0 Å². The third kappa shape index (κ3) is 3.51. The van der Waals surface area contributed by atoms with Gasteiger partial charge in [-0.1, -0.05) is 13.8 Å². The zero-order chi connectivity index (χ0) is 14.7. The molecule has 2 rings (SSSR count). The summed E-state index contributed by atoms with van der Waals surface area (Å²) in [6, 6.07) is 0. The van der Waals surface area contributed by atoms with Gasteiger partial charge in [0.2, 0.25) is 5.91 Å². The van der Waals surface area contributed by atoms with Gasteiger partial charge in [0.1, 0.15) is 0 Å². The van der Waals surface area contributed by atoms with E-state index in [1.807, 2.05) is 4.90 Å². The Morgan fingerprint density at radius 2 is 1.75 bits per heavy atom. The summed E-state index contributed by atoms with van der Waals surface area (Å²) in [6.07, 6.45) is 2.80. The van der Waals surface area contributed by atoms with Crippen LogP contribution in [0, 0.1) is 17.8 Å². The van der Waals surface area contributed by atoms with Crippen molar-refractivity contribution in [1.29, 1.82) is 0 Å². The Morgan fingerprint density at radius 3 is 2.30 bits per heavy atom. The molecule has 1 aliphatic heterocycles. The molecule has 0 aromatic rings. The molecular formula is C15H25NO4. The van der Waals surface area contributed by atoms with Crippen molar-refractivity contribution in [2.75, 3.05) is 19.7 Å². The second kappa shape index (κ2) is 6.57. The van der Waals surface area contributed by atoms with Crippen molar-refractivity contribution < 1.29 is 19.4 Å². The van der Waals surface area contributed by atoms with Crippen LogP contribution in [0.2, 0.25) is 0 Å². The molecule has 2 fully saturated rings. The van der Waals surface area contributed by atoms with E-state index in [1.54, 1.807) is 0 Å². The van der Waals surface area contributed by atoms with Crippen molar-refractivity contribution in [3.8, 4) is 0 Å². The normalized spacial score (nSPS) is 31.4. The van der Waals surface area contributed by atoms with Gasteiger partial charge in [-0.25, -0.2) is 0 Å². The summed E-state index contributed by atoms with van der Waals surface area (Å²) in [5.74, 6) is -0.359. The van der Waals surface area contributed by atoms with Gasteiger partial charge in [-0.3, -0.25) is 9.59 Å². The van der Waals surface area contributed by atoms with E-state index in [2.05, 4.69) is 13.8 Å². The lowest BCUT2D eigenvalue weighted by Crippen LogP contribution is -2.49. The molecule has 114 valence electrons. The molecule has 0 spiro atoms. The van der Waals surface area contributed by atoms with E-state index in [0.717, 1.165) is 0 Å². The third-order valence-electron chi connectivity index (χ3n) is 4.57. The fourth-order valence-electron chi connectivity index (χ4n) is 3.12. The average Bonchev–Trinajstić information content (AvgIpc) is 2.46. The minimum absolute atomic E-state index is 0.0107. The molecule has 0 aromatic heterocycles. The Kier molecular flexibility index (Phi) is 5.02. The lowest BCUT2D eigenvalue weighted by atomic mass is 9.81. The van der Waals surface area contributed by atoms with Crippen molar-refractivity contribution >= 4 is 11.9 Å². The highest BCUT2D eigenvalue weighted by molar-refractivity contribution is 5.79. The quantitative estimate of drug-likeness (QED) is 0.857. The van der Waals surface area contributed by atoms with E-state index in [0.29, 0.717) is 51.3 Å². The first kappa shape index (κ1) is 15.3. The standard InChI is InChI=1S/C15H25NO4/c1-10(2)13-9-16(7-8-20-13)14(17)11-3-5-12(6-4-11)15(18)19/h10-13H,3-9H2,1-2H3,(H,18,19). The second-order valence-corrected chi connectivity index (χ2v) is 6.32. The van der Waals surface area contributed by atoms with E-state index in [9.17, 15) is 9.59 Å². The number of amides is 1. The number of rotatable bonds is 3. The van der Waals surface area contributed by atoms with Gasteiger partial charge in [0, 0.05) is 19.0 Å². The average molecular weight is 283 g/mol. The van der Waals surface area contributed by atoms with Crippen LogP contribution in [-0.4, -0.2) is 47.7 Å². The number of carboxylic acid groups (broad SMARTS) is 1. The van der Waals surface area contributed by atoms with Crippen LogP contribution in [0.25, 0.3) is 0 Å². The molecule has 2 aliphatic rings. The number of hydrogen-bond donors (Lipinski definition) is 1. The van der Waals surface area contributed by atoms with Crippen LogP contribution in [0.5, 0.6) is 0 Å². The van der Waals surface area contributed by atoms with Gasteiger partial charge < -0.3 is 14.7 Å². The topological polar surface area (TPSA) is 66.8 Å². The predicted molar refractivity (Wildman–Crippen MR) is 74.2 cm³/mol. The summed E-state index contributed by atoms with van der Waals surface area (Å²) in [5.41, 5.74) is 0. The maximum absolute atomic E-state index is 12.5. The van der Waals surface area contributed by atoms with Gasteiger partial charge in [0.25, 0.3) is 0 Å². The molecule has 5 heteroatoms. The first-order valence-corrected chi connectivity index (χ1v) is 7.62. The predicted octanol–water partition coefficient (Wildman–Crippen LogP) is 1.76. The first-order chi connectivity index (χ1) is 9.49. The molecule has 5 nitrogen and oxygen atoms in total. The van der Waals surface area contributed by atoms with Gasteiger partial charge in [-0.15, -0.1) is 0 Å². The highest BCUT2D eigenvalue weighted by Gasteiger charge is 2.34. The summed E-state index contributed by atoms with van der Waals surface area (Å²) in [5, 5.41) is 9.00. The van der Waals surface area contributed by atoms with E-state index >= 15 is 0 Å². The van der Waals surface area contributed by atoms with Crippen molar-refractivity contribution in [3.63, 3.8) is 0 Å². The van der Waals surface area contributed by atoms with Gasteiger partial charge in [0.05, 0.1) is 18.6 Å². The van der Waals surface area contributed by atoms with Gasteiger partial charge >= 0.3 is 5.97 Å². The van der Waals surface area contributed by atoms with Crippen molar-refractivity contribution in [1.82, 2.24) is 4.90 Å². The molecule has 1 N–H and O–H groups in total. The Labute approximate surface area is 120 Å². The minimum Gasteiger partial charge on any atom is -0.481 e. The monoisotopic (exact) mass is 283 g/mol. The van der Waals surface area contributed by atoms with E-state index in [4.69, 9.17) is 9.84 Å². The Morgan fingerprint density at radius 1 is 1.15 bits per heavy atom. The maximum atomic E-state index is 12.5. The summed E-state index contributed by atoms with van der Waals surface area (Å²) in [4.78, 5) is 25.4. The summed E-state index contributed by atoms with van der Waals surface area (Å²) in [7, 11) is 0. The molecule has 1 amide bonds. The largest absolute Gasteiger partial charge is 0.481 e. The fourth-order valence-corrected chi connectivity index (χ4v) is 3.12. The Hall–Kier alpha value is -1.10. The smallest absolute Gasteiger partial charge is 0.306 e. The van der Waals surface area contributed by atoms with Crippen molar-refractivity contribution in [2.45, 2.75) is 45.6 Å². The van der Waals surface area contributed by atoms with Crippen LogP contribution in [0.3, 0.4) is 0 Å². The van der Waals surface area contributed by atoms with Gasteiger partial charge in [-0.05, 0) is 31.6 Å². The summed E-state index contributed by atoms with van der Waals surface area (Å²) >= 11 is 0. The molecule has 0 radical (unpaired) electrons. The van der Waals surface area contributed by atoms with Crippen molar-refractivity contribution in [3.05, 3.63) is 0 Å². The third-order valence-corrected chi connectivity index (χ3v) is 4.57. The van der Waals surface area contributed by atoms with Crippen LogP contribution < -0.4 is 0 Å². The molecule has 1 atom stereocenters. The minimum atomic E-state index is -0.720. The van der Waals surface area contributed by atoms with Gasteiger partial charge in [0.15, 0.2) is 0 Å². The number of carbonyl (C=O) groups excluding carboxylic acids is 1. The molecule has 1 saturated heterocycles. The van der Waals surface area contributed by atoms with E-state index in [-0.39, 0.29) is 23.8 Å². The molecule has 1 saturated carbocycles. The fraction of sp³-hybridized carbons (Fsp3) is 0.867. The van der Waals surface area contributed by atoms with Crippen LogP contribution in [0.4, 0.5) is 0 Å². The number of nitrogens with zero attached hydrogens (tertiary/aromatic N) is 1. The van der Waals surface area contributed by atoms with Gasteiger partial charge in [-0.2, -0.15) is 0 Å². The lowest BCUT2D eigenvalue weighted by molar-refractivity contribution is -0.149. The molecule has 20 heavy (non-hydrogen) atoms. The van der Waals surface area contributed by atoms with E-state index < -0.39 is 5.97 Å². The zero-order valence-electron chi connectivity index (χ0n) is 12.4. The summed E-state index contributed by atoms with van der Waals surface area (Å²) in [6.45, 7) is 6.17. The van der Waals surface area contributed by atoms with Crippen LogP contribution in [0.15, 0.2) is 0 Å². The summed E-state index contributed by atoms with van der Waals surface area (Å²) < 4.78 is 5.68. The van der Waals surface area contributed by atoms with Crippen molar-refractivity contribution in [2.24, 2.45) is 17.8 Å². The Balaban J connectivity index is 1.87. The molecule has 1 aliphatic carbocycles. The lowest BCUT2D eigenvalue weighted by Gasteiger charge is -2.37. The Bertz CT molecular complexity index is 361. The van der Waals surface area contributed by atoms with Crippen LogP contribution in [0.1, 0.15) is 39.5 Å². The number of ether oxygens (including phenoxy) is 1. The number of morpholine rings is 1. The highest BCUT2D eigenvalue weighted by atomic mass is 16.5. The number of carboxylic acids is 1. The SMILES string of the molecule is CC(C)C1CN(C(=O)C2CCC(C(=O)O)CC2)CCO1. The number of carbonyl (C=O) groups is 2. The van der Waals surface area contributed by atoms with Crippen LogP contribution in [-0.2, 0) is 14.3 Å². The number of hydrogen-bond acceptors (Lipinski definition) is 3. The number of aliphatic carboxylic acids is 1. The highest BCUT2D eigenvalue weighted by Crippen LogP contribution is 2.30. The second-order valence-electron chi connectivity index (χ2n) is 6.32. The molecule has 0 aromatic carbocycles. The first-order valence-electron chi connectivity index (χ1n) is 7.62. The van der Waals surface area contributed by atoms with E-state index in [1.165, 1.54) is 0 Å². The molecule has 0 bridgehead atoms. The molecular weight excluding hydrogens is 258 g/mol. The molecule has 1 heterocycles. The molecule has 1 unspecified atom stereocenters. The zero-order valence-corrected chi connectivity index (χ0v) is 12.4. The maximum Gasteiger partial charge on any atom is 0.306 e.